The molecule has 1 N–H and O–H groups in total. The average molecular weight is 305 g/mol. The van der Waals surface area contributed by atoms with Gasteiger partial charge >= 0.3 is 0 Å². The van der Waals surface area contributed by atoms with Crippen molar-refractivity contribution in [3.63, 3.8) is 0 Å². The molecule has 0 atom stereocenters. The molecule has 3 nitrogen and oxygen atoms in total. The second-order valence-corrected chi connectivity index (χ2v) is 5.52. The zero-order valence-electron chi connectivity index (χ0n) is 9.70. The van der Waals surface area contributed by atoms with Crippen LogP contribution >= 0.6 is 0 Å². The van der Waals surface area contributed by atoms with Crippen LogP contribution in [-0.2, 0) is 10.0 Å². The predicted molar refractivity (Wildman–Crippen MR) is 63.5 cm³/mol. The minimum atomic E-state index is -4.31. The summed E-state index contributed by atoms with van der Waals surface area (Å²) in [7, 11) is -4.31. The lowest BCUT2D eigenvalue weighted by Gasteiger charge is -2.08. The van der Waals surface area contributed by atoms with Crippen molar-refractivity contribution in [2.45, 2.75) is 4.90 Å². The van der Waals surface area contributed by atoms with E-state index < -0.39 is 38.2 Å². The van der Waals surface area contributed by atoms with E-state index in [0.29, 0.717) is 24.3 Å². The molecule has 0 radical (unpaired) electrons. The van der Waals surface area contributed by atoms with Crippen LogP contribution in [0.15, 0.2) is 41.3 Å². The van der Waals surface area contributed by atoms with Gasteiger partial charge in [-0.05, 0) is 24.3 Å². The molecule has 106 valence electrons. The van der Waals surface area contributed by atoms with Crippen molar-refractivity contribution in [3.8, 4) is 0 Å². The lowest BCUT2D eigenvalue weighted by molar-refractivity contribution is 0.509. The fourth-order valence-corrected chi connectivity index (χ4v) is 2.55. The molecule has 0 aliphatic heterocycles. The largest absolute Gasteiger partial charge is 0.280 e. The molecule has 0 aliphatic carbocycles. The quantitative estimate of drug-likeness (QED) is 0.886. The van der Waals surface area contributed by atoms with Crippen molar-refractivity contribution in [1.29, 1.82) is 0 Å². The molecule has 2 aromatic carbocycles. The molecule has 0 fully saturated rings. The Balaban J connectivity index is 2.37. The van der Waals surface area contributed by atoms with Gasteiger partial charge in [0, 0.05) is 12.1 Å². The molecule has 0 aliphatic rings. The summed E-state index contributed by atoms with van der Waals surface area (Å²) < 4.78 is 77.2. The van der Waals surface area contributed by atoms with E-state index in [1.165, 1.54) is 0 Å². The summed E-state index contributed by atoms with van der Waals surface area (Å²) in [5, 5.41) is 0. The van der Waals surface area contributed by atoms with E-state index in [-0.39, 0.29) is 5.69 Å². The van der Waals surface area contributed by atoms with E-state index in [9.17, 15) is 26.0 Å². The lowest BCUT2D eigenvalue weighted by atomic mass is 10.3. The van der Waals surface area contributed by atoms with Gasteiger partial charge in [-0.25, -0.2) is 26.0 Å². The third kappa shape index (κ3) is 3.08. The maximum Gasteiger partial charge on any atom is 0.262 e. The molecular formula is C12H7F4NO2S. The average Bonchev–Trinajstić information content (AvgIpc) is 2.32. The number of halogens is 4. The van der Waals surface area contributed by atoms with Crippen LogP contribution in [0.5, 0.6) is 0 Å². The SMILES string of the molecule is O=S(=O)(Nc1ccc(F)c(F)c1)c1cc(F)cc(F)c1. The number of rotatable bonds is 3. The predicted octanol–water partition coefficient (Wildman–Crippen LogP) is 3.04. The van der Waals surface area contributed by atoms with Gasteiger partial charge in [-0.3, -0.25) is 4.72 Å². The van der Waals surface area contributed by atoms with E-state index in [1.807, 2.05) is 4.72 Å². The normalized spacial score (nSPS) is 11.4. The smallest absolute Gasteiger partial charge is 0.262 e. The van der Waals surface area contributed by atoms with Crippen molar-refractivity contribution in [3.05, 3.63) is 59.7 Å². The first-order valence-electron chi connectivity index (χ1n) is 5.22. The Bertz CT molecular complexity index is 742. The number of sulfonamides is 1. The van der Waals surface area contributed by atoms with Crippen LogP contribution in [0.25, 0.3) is 0 Å². The van der Waals surface area contributed by atoms with Crippen molar-refractivity contribution >= 4 is 15.7 Å². The third-order valence-electron chi connectivity index (χ3n) is 2.32. The van der Waals surface area contributed by atoms with Gasteiger partial charge in [0.2, 0.25) is 0 Å². The molecule has 0 aromatic heterocycles. The highest BCUT2D eigenvalue weighted by Gasteiger charge is 2.17. The van der Waals surface area contributed by atoms with Gasteiger partial charge in [0.05, 0.1) is 10.6 Å². The van der Waals surface area contributed by atoms with Gasteiger partial charge in [-0.1, -0.05) is 0 Å². The highest BCUT2D eigenvalue weighted by molar-refractivity contribution is 7.92. The van der Waals surface area contributed by atoms with Gasteiger partial charge in [0.1, 0.15) is 11.6 Å². The summed E-state index contributed by atoms with van der Waals surface area (Å²) in [5.74, 6) is -4.55. The van der Waals surface area contributed by atoms with E-state index in [2.05, 4.69) is 0 Å². The summed E-state index contributed by atoms with van der Waals surface area (Å²) in [6.45, 7) is 0. The van der Waals surface area contributed by atoms with Crippen LogP contribution in [0.1, 0.15) is 0 Å². The summed E-state index contributed by atoms with van der Waals surface area (Å²) in [4.78, 5) is -0.667. The molecule has 0 saturated carbocycles. The lowest BCUT2D eigenvalue weighted by Crippen LogP contribution is -2.13. The fourth-order valence-electron chi connectivity index (χ4n) is 1.46. The van der Waals surface area contributed by atoms with Gasteiger partial charge in [0.15, 0.2) is 11.6 Å². The summed E-state index contributed by atoms with van der Waals surface area (Å²) >= 11 is 0. The Morgan fingerprint density at radius 3 is 1.95 bits per heavy atom. The van der Waals surface area contributed by atoms with Crippen LogP contribution in [0.3, 0.4) is 0 Å². The molecule has 0 unspecified atom stereocenters. The molecule has 0 amide bonds. The Morgan fingerprint density at radius 2 is 1.40 bits per heavy atom. The molecule has 0 bridgehead atoms. The number of hydrogen-bond donors (Lipinski definition) is 1. The van der Waals surface area contributed by atoms with Crippen LogP contribution in [-0.4, -0.2) is 8.42 Å². The van der Waals surface area contributed by atoms with Crippen LogP contribution in [0, 0.1) is 23.3 Å². The Morgan fingerprint density at radius 1 is 0.800 bits per heavy atom. The minimum Gasteiger partial charge on any atom is -0.280 e. The molecule has 8 heteroatoms. The second-order valence-electron chi connectivity index (χ2n) is 3.84. The monoisotopic (exact) mass is 305 g/mol. The standard InChI is InChI=1S/C12H7F4NO2S/c13-7-3-8(14)5-10(4-7)20(18,19)17-9-1-2-11(15)12(16)6-9/h1-6,17H. The maximum atomic E-state index is 13.0. The first-order valence-corrected chi connectivity index (χ1v) is 6.70. The Labute approximate surface area is 111 Å². The first kappa shape index (κ1) is 14.3. The Hall–Kier alpha value is -2.09. The summed E-state index contributed by atoms with van der Waals surface area (Å²) in [6, 6.07) is 4.03. The van der Waals surface area contributed by atoms with E-state index >= 15 is 0 Å². The van der Waals surface area contributed by atoms with Crippen LogP contribution in [0.4, 0.5) is 23.2 Å². The molecule has 2 aromatic rings. The zero-order valence-corrected chi connectivity index (χ0v) is 10.5. The van der Waals surface area contributed by atoms with Crippen molar-refractivity contribution in [2.24, 2.45) is 0 Å². The van der Waals surface area contributed by atoms with E-state index in [0.717, 1.165) is 12.1 Å². The maximum absolute atomic E-state index is 13.0. The van der Waals surface area contributed by atoms with Gasteiger partial charge in [-0.2, -0.15) is 0 Å². The molecular weight excluding hydrogens is 298 g/mol. The van der Waals surface area contributed by atoms with Gasteiger partial charge in [0.25, 0.3) is 10.0 Å². The highest BCUT2D eigenvalue weighted by Crippen LogP contribution is 2.19. The third-order valence-corrected chi connectivity index (χ3v) is 3.68. The number of hydrogen-bond acceptors (Lipinski definition) is 2. The van der Waals surface area contributed by atoms with Crippen molar-refractivity contribution < 1.29 is 26.0 Å². The van der Waals surface area contributed by atoms with Crippen molar-refractivity contribution in [1.82, 2.24) is 0 Å². The highest BCUT2D eigenvalue weighted by atomic mass is 32.2. The van der Waals surface area contributed by atoms with Crippen LogP contribution < -0.4 is 4.72 Å². The summed E-state index contributed by atoms with van der Waals surface area (Å²) in [6.07, 6.45) is 0. The van der Waals surface area contributed by atoms with E-state index in [4.69, 9.17) is 0 Å². The van der Waals surface area contributed by atoms with Gasteiger partial charge < -0.3 is 0 Å². The number of nitrogens with one attached hydrogen (secondary N) is 1. The Kier molecular flexibility index (Phi) is 3.67. The van der Waals surface area contributed by atoms with Gasteiger partial charge in [-0.15, -0.1) is 0 Å². The summed E-state index contributed by atoms with van der Waals surface area (Å²) in [5.41, 5.74) is -0.270. The minimum absolute atomic E-state index is 0.270. The fraction of sp³-hybridized carbons (Fsp3) is 0. The molecule has 20 heavy (non-hydrogen) atoms. The topological polar surface area (TPSA) is 46.2 Å². The molecule has 0 heterocycles. The molecule has 2 rings (SSSR count). The number of anilines is 1. The second kappa shape index (κ2) is 5.12. The zero-order chi connectivity index (χ0) is 14.9. The molecule has 0 saturated heterocycles. The number of benzene rings is 2. The van der Waals surface area contributed by atoms with Crippen molar-refractivity contribution in [2.75, 3.05) is 4.72 Å². The first-order chi connectivity index (χ1) is 9.28. The van der Waals surface area contributed by atoms with Crippen LogP contribution in [0.2, 0.25) is 0 Å². The molecule has 0 spiro atoms. The van der Waals surface area contributed by atoms with E-state index in [1.54, 1.807) is 0 Å².